The van der Waals surface area contributed by atoms with E-state index in [-0.39, 0.29) is 11.5 Å². The van der Waals surface area contributed by atoms with E-state index in [0.717, 1.165) is 0 Å². The third-order valence-corrected chi connectivity index (χ3v) is 3.60. The Morgan fingerprint density at radius 1 is 1.23 bits per heavy atom. The topological polar surface area (TPSA) is 72.9 Å². The van der Waals surface area contributed by atoms with Crippen LogP contribution in [-0.2, 0) is 14.3 Å². The molecule has 1 atom stereocenters. The van der Waals surface area contributed by atoms with Gasteiger partial charge in [-0.2, -0.15) is 0 Å². The van der Waals surface area contributed by atoms with Crippen LogP contribution in [0.2, 0.25) is 0 Å². The summed E-state index contributed by atoms with van der Waals surface area (Å²) in [6, 6.07) is 3.98. The fourth-order valence-electron chi connectivity index (χ4n) is 2.57. The predicted octanol–water partition coefficient (Wildman–Crippen LogP) is 1.81. The Balaban J connectivity index is 2.49. The van der Waals surface area contributed by atoms with Crippen LogP contribution in [0, 0.1) is 5.92 Å². The molecule has 2 rings (SSSR count). The number of hydrogen-bond acceptors (Lipinski definition) is 5. The zero-order chi connectivity index (χ0) is 16.4. The molecule has 22 heavy (non-hydrogen) atoms. The first-order valence-electron chi connectivity index (χ1n) is 7.04. The van der Waals surface area contributed by atoms with Gasteiger partial charge < -0.3 is 9.47 Å². The molecule has 118 valence electrons. The van der Waals surface area contributed by atoms with Gasteiger partial charge >= 0.3 is 5.97 Å². The van der Waals surface area contributed by atoms with Crippen molar-refractivity contribution in [2.24, 2.45) is 5.92 Å². The molecule has 0 spiro atoms. The summed E-state index contributed by atoms with van der Waals surface area (Å²) in [4.78, 5) is 37.8. The molecule has 1 heterocycles. The number of nitrogens with zero attached hydrogens (tertiary/aromatic N) is 1. The van der Waals surface area contributed by atoms with Crippen LogP contribution in [0.25, 0.3) is 0 Å². The van der Waals surface area contributed by atoms with Crippen molar-refractivity contribution in [3.63, 3.8) is 0 Å². The highest BCUT2D eigenvalue weighted by Crippen LogP contribution is 2.35. The predicted molar refractivity (Wildman–Crippen MR) is 80.1 cm³/mol. The molecule has 1 aliphatic heterocycles. The molecule has 0 saturated carbocycles. The summed E-state index contributed by atoms with van der Waals surface area (Å²) in [5.41, 5.74) is 0.675. The number of ketones is 1. The Kier molecular flexibility index (Phi) is 4.49. The van der Waals surface area contributed by atoms with E-state index in [1.165, 1.54) is 25.2 Å². The van der Waals surface area contributed by atoms with Gasteiger partial charge in [-0.1, -0.05) is 13.8 Å². The van der Waals surface area contributed by atoms with Crippen LogP contribution in [0.4, 0.5) is 5.69 Å². The van der Waals surface area contributed by atoms with Crippen molar-refractivity contribution >= 4 is 23.3 Å². The zero-order valence-electron chi connectivity index (χ0n) is 13.1. The Morgan fingerprint density at radius 2 is 1.91 bits per heavy atom. The third kappa shape index (κ3) is 2.68. The second kappa shape index (κ2) is 6.17. The number of amides is 1. The standard InChI is InChI=1S/C16H19NO5/c1-9(2)7-13(16(20)22-4)17-12-6-5-10(21-3)8-11(12)14(18)15(17)19/h5-6,8-9,13H,7H2,1-4H3. The number of ether oxygens (including phenoxy) is 2. The Labute approximate surface area is 129 Å². The van der Waals surface area contributed by atoms with Gasteiger partial charge in [-0.3, -0.25) is 14.5 Å². The van der Waals surface area contributed by atoms with E-state index < -0.39 is 23.7 Å². The van der Waals surface area contributed by atoms with E-state index >= 15 is 0 Å². The Bertz CT molecular complexity index is 623. The van der Waals surface area contributed by atoms with Crippen LogP contribution in [-0.4, -0.2) is 37.9 Å². The number of Topliss-reactive ketones (excluding diaryl/α,β-unsaturated/α-hetero) is 1. The van der Waals surface area contributed by atoms with Crippen LogP contribution in [0.3, 0.4) is 0 Å². The molecule has 1 aromatic rings. The molecule has 0 saturated heterocycles. The van der Waals surface area contributed by atoms with Gasteiger partial charge in [0, 0.05) is 0 Å². The molecule has 1 amide bonds. The van der Waals surface area contributed by atoms with Crippen molar-refractivity contribution in [2.45, 2.75) is 26.3 Å². The van der Waals surface area contributed by atoms with Crippen molar-refractivity contribution in [3.05, 3.63) is 23.8 Å². The number of rotatable bonds is 5. The molecule has 0 aromatic heterocycles. The maximum absolute atomic E-state index is 12.3. The van der Waals surface area contributed by atoms with Gasteiger partial charge in [-0.05, 0) is 30.5 Å². The number of anilines is 1. The number of esters is 1. The number of carbonyl (C=O) groups is 3. The lowest BCUT2D eigenvalue weighted by Gasteiger charge is -2.27. The molecule has 0 aliphatic carbocycles. The molecule has 6 heteroatoms. The molecule has 1 unspecified atom stereocenters. The number of methoxy groups -OCH3 is 2. The molecule has 0 fully saturated rings. The normalized spacial score (nSPS) is 15.0. The first-order valence-corrected chi connectivity index (χ1v) is 7.04. The SMILES string of the molecule is COC(=O)C(CC(C)C)N1C(=O)C(=O)c2cc(OC)ccc21. The molecule has 1 aromatic carbocycles. The zero-order valence-corrected chi connectivity index (χ0v) is 13.1. The molecule has 0 bridgehead atoms. The highest BCUT2D eigenvalue weighted by Gasteiger charge is 2.43. The highest BCUT2D eigenvalue weighted by molar-refractivity contribution is 6.52. The number of fused-ring (bicyclic) bond motifs is 1. The van der Waals surface area contributed by atoms with Crippen LogP contribution in [0.1, 0.15) is 30.6 Å². The highest BCUT2D eigenvalue weighted by atomic mass is 16.5. The minimum atomic E-state index is -0.809. The van der Waals surface area contributed by atoms with Crippen LogP contribution >= 0.6 is 0 Å². The van der Waals surface area contributed by atoms with Crippen LogP contribution < -0.4 is 9.64 Å². The molecule has 0 N–H and O–H groups in total. The van der Waals surface area contributed by atoms with Crippen LogP contribution in [0.5, 0.6) is 5.75 Å². The monoisotopic (exact) mass is 305 g/mol. The summed E-state index contributed by atoms with van der Waals surface area (Å²) in [5.74, 6) is -1.22. The summed E-state index contributed by atoms with van der Waals surface area (Å²) in [7, 11) is 2.75. The van der Waals surface area contributed by atoms with E-state index in [0.29, 0.717) is 17.9 Å². The first-order chi connectivity index (χ1) is 10.4. The van der Waals surface area contributed by atoms with Gasteiger partial charge in [0.05, 0.1) is 25.5 Å². The second-order valence-electron chi connectivity index (χ2n) is 5.56. The molecular weight excluding hydrogens is 286 g/mol. The summed E-state index contributed by atoms with van der Waals surface area (Å²) in [5, 5.41) is 0. The minimum Gasteiger partial charge on any atom is -0.497 e. The second-order valence-corrected chi connectivity index (χ2v) is 5.56. The average Bonchev–Trinajstić information content (AvgIpc) is 2.75. The lowest BCUT2D eigenvalue weighted by Crippen LogP contribution is -2.45. The van der Waals surface area contributed by atoms with Crippen molar-refractivity contribution in [2.75, 3.05) is 19.1 Å². The fourth-order valence-corrected chi connectivity index (χ4v) is 2.57. The summed E-state index contributed by atoms with van der Waals surface area (Å²) in [6.07, 6.45) is 0.414. The van der Waals surface area contributed by atoms with Crippen molar-refractivity contribution in [1.82, 2.24) is 0 Å². The quantitative estimate of drug-likeness (QED) is 0.613. The van der Waals surface area contributed by atoms with E-state index in [2.05, 4.69) is 0 Å². The van der Waals surface area contributed by atoms with Gasteiger partial charge in [0.25, 0.3) is 11.7 Å². The minimum absolute atomic E-state index is 0.161. The number of carbonyl (C=O) groups excluding carboxylic acids is 3. The Hall–Kier alpha value is -2.37. The fraction of sp³-hybridized carbons (Fsp3) is 0.438. The number of benzene rings is 1. The molecule has 6 nitrogen and oxygen atoms in total. The maximum Gasteiger partial charge on any atom is 0.328 e. The van der Waals surface area contributed by atoms with E-state index in [1.54, 1.807) is 12.1 Å². The van der Waals surface area contributed by atoms with Gasteiger partial charge in [-0.15, -0.1) is 0 Å². The Morgan fingerprint density at radius 3 is 2.45 bits per heavy atom. The van der Waals surface area contributed by atoms with Gasteiger partial charge in [-0.25, -0.2) is 4.79 Å². The summed E-state index contributed by atoms with van der Waals surface area (Å²) in [6.45, 7) is 3.88. The van der Waals surface area contributed by atoms with Crippen molar-refractivity contribution in [3.8, 4) is 5.75 Å². The van der Waals surface area contributed by atoms with E-state index in [9.17, 15) is 14.4 Å². The van der Waals surface area contributed by atoms with Crippen LogP contribution in [0.15, 0.2) is 18.2 Å². The van der Waals surface area contributed by atoms with Crippen molar-refractivity contribution < 1.29 is 23.9 Å². The lowest BCUT2D eigenvalue weighted by molar-refractivity contribution is -0.143. The van der Waals surface area contributed by atoms with E-state index in [1.807, 2.05) is 13.8 Å². The largest absolute Gasteiger partial charge is 0.497 e. The third-order valence-electron chi connectivity index (χ3n) is 3.60. The van der Waals surface area contributed by atoms with Gasteiger partial charge in [0.1, 0.15) is 11.8 Å². The smallest absolute Gasteiger partial charge is 0.328 e. The van der Waals surface area contributed by atoms with E-state index in [4.69, 9.17) is 9.47 Å². The van der Waals surface area contributed by atoms with Gasteiger partial charge in [0.2, 0.25) is 0 Å². The molecule has 0 radical (unpaired) electrons. The summed E-state index contributed by atoms with van der Waals surface area (Å²) >= 11 is 0. The maximum atomic E-state index is 12.3. The average molecular weight is 305 g/mol. The van der Waals surface area contributed by atoms with Crippen molar-refractivity contribution in [1.29, 1.82) is 0 Å². The summed E-state index contributed by atoms with van der Waals surface area (Å²) < 4.78 is 9.88. The lowest BCUT2D eigenvalue weighted by atomic mass is 10.0. The van der Waals surface area contributed by atoms with Gasteiger partial charge in [0.15, 0.2) is 0 Å². The first kappa shape index (κ1) is 16.0. The molecular formula is C16H19NO5. The number of hydrogen-bond donors (Lipinski definition) is 0. The molecule has 1 aliphatic rings.